The van der Waals surface area contributed by atoms with Crippen LogP contribution < -0.4 is 5.32 Å². The standard InChI is InChI=1S/C40H57FN6O5/c1-27-12-10-13-32(24-27)46-25-33(42-26-46)36(49)45(22-19-29-15-17-30(41)18-16-29)23-20-31-14-11-21-47(31)37(50)34(39(3,4)5)43-35(48)28(2)44(9)38(51)52-40(6,7)8/h10,12-13,15-18,25-28,31,34H,11,14,19-24H2,1-9H3,(H,43,48)/t27?,28-,31-,34+/m0/s1. The molecule has 0 bridgehead atoms. The summed E-state index contributed by atoms with van der Waals surface area (Å²) in [5.74, 6) is -0.784. The fraction of sp³-hybridized carbons (Fsp3) is 0.575. The van der Waals surface area contributed by atoms with E-state index >= 15 is 0 Å². The third-order valence-corrected chi connectivity index (χ3v) is 9.70. The zero-order valence-electron chi connectivity index (χ0n) is 32.3. The number of likely N-dealkylation sites (N-methyl/N-ethyl adjacent to an activating group) is 1. The van der Waals surface area contributed by atoms with Gasteiger partial charge in [-0.3, -0.25) is 19.3 Å². The Balaban J connectivity index is 1.48. The first-order chi connectivity index (χ1) is 24.3. The highest BCUT2D eigenvalue weighted by Crippen LogP contribution is 2.28. The van der Waals surface area contributed by atoms with Crippen molar-refractivity contribution in [1.29, 1.82) is 0 Å². The zero-order valence-corrected chi connectivity index (χ0v) is 32.3. The van der Waals surface area contributed by atoms with Gasteiger partial charge in [0.1, 0.15) is 29.2 Å². The summed E-state index contributed by atoms with van der Waals surface area (Å²) in [6, 6.07) is 4.42. The molecular formula is C40H57FN6O5. The van der Waals surface area contributed by atoms with Gasteiger partial charge >= 0.3 is 6.09 Å². The highest BCUT2D eigenvalue weighted by Gasteiger charge is 2.41. The van der Waals surface area contributed by atoms with Gasteiger partial charge in [-0.1, -0.05) is 52.0 Å². The molecule has 1 fully saturated rings. The van der Waals surface area contributed by atoms with Gasteiger partial charge < -0.3 is 24.4 Å². The number of imidazole rings is 1. The first-order valence-electron chi connectivity index (χ1n) is 18.4. The molecule has 1 aromatic carbocycles. The molecule has 0 saturated carbocycles. The fourth-order valence-electron chi connectivity index (χ4n) is 6.47. The van der Waals surface area contributed by atoms with Gasteiger partial charge in [0.2, 0.25) is 11.8 Å². The van der Waals surface area contributed by atoms with E-state index in [4.69, 9.17) is 4.74 Å². The van der Waals surface area contributed by atoms with Crippen molar-refractivity contribution < 1.29 is 28.3 Å². The van der Waals surface area contributed by atoms with Crippen molar-refractivity contribution in [3.63, 3.8) is 0 Å². The predicted molar refractivity (Wildman–Crippen MR) is 200 cm³/mol. The lowest BCUT2D eigenvalue weighted by Crippen LogP contribution is -2.59. The van der Waals surface area contributed by atoms with Gasteiger partial charge in [-0.05, 0) is 94.9 Å². The molecule has 4 atom stereocenters. The van der Waals surface area contributed by atoms with Gasteiger partial charge in [0.15, 0.2) is 0 Å². The second-order valence-electron chi connectivity index (χ2n) is 16.3. The first-order valence-corrected chi connectivity index (χ1v) is 18.4. The number of benzene rings is 1. The summed E-state index contributed by atoms with van der Waals surface area (Å²) in [4.78, 5) is 63.7. The molecule has 4 rings (SSSR count). The molecule has 12 heteroatoms. The zero-order chi connectivity index (χ0) is 38.4. The molecule has 52 heavy (non-hydrogen) atoms. The number of ether oxygens (including phenoxy) is 1. The number of allylic oxidation sites excluding steroid dienone is 4. The lowest BCUT2D eigenvalue weighted by atomic mass is 9.85. The van der Waals surface area contributed by atoms with E-state index < -0.39 is 35.1 Å². The van der Waals surface area contributed by atoms with Gasteiger partial charge in [-0.15, -0.1) is 0 Å². The fourth-order valence-corrected chi connectivity index (χ4v) is 6.47. The van der Waals surface area contributed by atoms with Crippen LogP contribution in [0, 0.1) is 17.2 Å². The monoisotopic (exact) mass is 720 g/mol. The lowest BCUT2D eigenvalue weighted by Gasteiger charge is -2.37. The molecule has 2 heterocycles. The van der Waals surface area contributed by atoms with Gasteiger partial charge in [-0.2, -0.15) is 0 Å². The minimum atomic E-state index is -0.875. The molecule has 2 aromatic rings. The highest BCUT2D eigenvalue weighted by molar-refractivity contribution is 5.93. The molecule has 1 aliphatic carbocycles. The van der Waals surface area contributed by atoms with Gasteiger partial charge in [0.25, 0.3) is 5.91 Å². The lowest BCUT2D eigenvalue weighted by molar-refractivity contribution is -0.141. The second-order valence-corrected chi connectivity index (χ2v) is 16.3. The average molecular weight is 721 g/mol. The number of halogens is 1. The summed E-state index contributed by atoms with van der Waals surface area (Å²) in [5, 5.41) is 2.94. The SMILES string of the molecule is CC1C=CC=C(n2cnc(C(=O)N(CCc3ccc(F)cc3)CC[C@@H]3CCCN3C(=O)[C@@H](NC(=O)[C@H](C)N(C)C(=O)OC(C)(C)C)C(C)(C)C)c2)C1. The van der Waals surface area contributed by atoms with E-state index in [2.05, 4.69) is 23.3 Å². The van der Waals surface area contributed by atoms with Crippen molar-refractivity contribution >= 4 is 29.5 Å². The van der Waals surface area contributed by atoms with Crippen LogP contribution in [0.5, 0.6) is 0 Å². The van der Waals surface area contributed by atoms with Gasteiger partial charge in [0.05, 0.1) is 6.33 Å². The van der Waals surface area contributed by atoms with Crippen molar-refractivity contribution in [1.82, 2.24) is 29.6 Å². The topological polar surface area (TPSA) is 117 Å². The maximum Gasteiger partial charge on any atom is 0.410 e. The molecule has 284 valence electrons. The highest BCUT2D eigenvalue weighted by atomic mass is 19.1. The molecule has 11 nitrogen and oxygen atoms in total. The number of carbonyl (C=O) groups excluding carboxylic acids is 4. The average Bonchev–Trinajstić information content (AvgIpc) is 3.76. The van der Waals surface area contributed by atoms with E-state index in [1.54, 1.807) is 57.3 Å². The number of nitrogens with one attached hydrogen (secondary N) is 1. The first kappa shape index (κ1) is 40.3. The number of carbonyl (C=O) groups is 4. The minimum absolute atomic E-state index is 0.143. The number of amides is 4. The van der Waals surface area contributed by atoms with Gasteiger partial charge in [0, 0.05) is 44.6 Å². The Bertz CT molecular complexity index is 1640. The molecule has 0 spiro atoms. The third-order valence-electron chi connectivity index (χ3n) is 9.70. The van der Waals surface area contributed by atoms with Crippen LogP contribution in [-0.4, -0.2) is 98.5 Å². The van der Waals surface area contributed by atoms with Gasteiger partial charge in [-0.25, -0.2) is 14.2 Å². The van der Waals surface area contributed by atoms with Crippen LogP contribution in [0.3, 0.4) is 0 Å². The Morgan fingerprint density at radius 1 is 1.08 bits per heavy atom. The smallest absolute Gasteiger partial charge is 0.410 e. The Labute approximate surface area is 308 Å². The van der Waals surface area contributed by atoms with E-state index in [1.807, 2.05) is 42.4 Å². The maximum atomic E-state index is 14.2. The van der Waals surface area contributed by atoms with Crippen molar-refractivity contribution in [3.8, 4) is 0 Å². The summed E-state index contributed by atoms with van der Waals surface area (Å²) in [7, 11) is 1.50. The number of rotatable bonds is 12. The molecular weight excluding hydrogens is 663 g/mol. The van der Waals surface area contributed by atoms with Crippen LogP contribution in [0.4, 0.5) is 9.18 Å². The Morgan fingerprint density at radius 2 is 1.77 bits per heavy atom. The summed E-state index contributed by atoms with van der Waals surface area (Å²) >= 11 is 0. The number of hydrogen-bond donors (Lipinski definition) is 1. The normalized spacial score (nSPS) is 18.7. The maximum absolute atomic E-state index is 14.2. The number of aromatic nitrogens is 2. The van der Waals surface area contributed by atoms with E-state index in [-0.39, 0.29) is 23.7 Å². The van der Waals surface area contributed by atoms with E-state index in [0.717, 1.165) is 30.5 Å². The Kier molecular flexibility index (Phi) is 13.1. The van der Waals surface area contributed by atoms with Crippen LogP contribution in [-0.2, 0) is 20.7 Å². The number of likely N-dealkylation sites (tertiary alicyclic amines) is 1. The molecule has 4 amide bonds. The molecule has 0 radical (unpaired) electrons. The summed E-state index contributed by atoms with van der Waals surface area (Å²) in [6.45, 7) is 16.0. The summed E-state index contributed by atoms with van der Waals surface area (Å²) < 4.78 is 20.9. The van der Waals surface area contributed by atoms with Crippen LogP contribution >= 0.6 is 0 Å². The van der Waals surface area contributed by atoms with Crippen molar-refractivity contribution in [2.24, 2.45) is 11.3 Å². The Morgan fingerprint density at radius 3 is 2.40 bits per heavy atom. The molecule has 1 unspecified atom stereocenters. The molecule has 1 aromatic heterocycles. The minimum Gasteiger partial charge on any atom is -0.444 e. The van der Waals surface area contributed by atoms with Crippen molar-refractivity contribution in [2.45, 2.75) is 111 Å². The Hall–Kier alpha value is -4.48. The predicted octanol–water partition coefficient (Wildman–Crippen LogP) is 6.31. The van der Waals surface area contributed by atoms with Crippen LogP contribution in [0.15, 0.2) is 55.0 Å². The van der Waals surface area contributed by atoms with Crippen LogP contribution in [0.2, 0.25) is 0 Å². The number of hydrogen-bond acceptors (Lipinski definition) is 6. The summed E-state index contributed by atoms with van der Waals surface area (Å²) in [5.41, 5.74) is 0.961. The van der Waals surface area contributed by atoms with Crippen molar-refractivity contribution in [3.05, 3.63) is 72.1 Å². The molecule has 1 N–H and O–H groups in total. The molecule has 2 aliphatic rings. The molecule has 1 saturated heterocycles. The second kappa shape index (κ2) is 16.9. The van der Waals surface area contributed by atoms with Crippen LogP contribution in [0.1, 0.15) is 97.1 Å². The van der Waals surface area contributed by atoms with E-state index in [1.165, 1.54) is 24.1 Å². The molecule has 1 aliphatic heterocycles. The largest absolute Gasteiger partial charge is 0.444 e. The van der Waals surface area contributed by atoms with E-state index in [0.29, 0.717) is 44.1 Å². The van der Waals surface area contributed by atoms with Crippen molar-refractivity contribution in [2.75, 3.05) is 26.7 Å². The quantitative estimate of drug-likeness (QED) is 0.275. The summed E-state index contributed by atoms with van der Waals surface area (Å²) in [6.07, 6.45) is 12.5. The van der Waals surface area contributed by atoms with Crippen LogP contribution in [0.25, 0.3) is 5.70 Å². The van der Waals surface area contributed by atoms with E-state index in [9.17, 15) is 23.6 Å². The third kappa shape index (κ3) is 10.8. The number of nitrogens with zero attached hydrogens (tertiary/aromatic N) is 5.